The molecule has 0 aliphatic heterocycles. The van der Waals surface area contributed by atoms with E-state index in [1.54, 1.807) is 0 Å². The SMILES string of the molecule is CCC1(CC)c2cc(/C=C/c3cc(-c4ccccc4)c4c5ccccc5c5ccccc5c4c3-c3ccccc3)ccc2-c2ccc(N(c3ccccc3)c3ccccc3)cc21. The Labute approximate surface area is 364 Å². The predicted octanol–water partition coefficient (Wildman–Crippen LogP) is 17.2. The number of para-hydroxylation sites is 2. The van der Waals surface area contributed by atoms with Crippen LogP contribution in [0.25, 0.3) is 77.9 Å². The third kappa shape index (κ3) is 6.07. The molecule has 0 unspecified atom stereocenters. The van der Waals surface area contributed by atoms with Gasteiger partial charge in [-0.15, -0.1) is 0 Å². The molecule has 0 aromatic heterocycles. The Bertz CT molecular complexity index is 3250. The van der Waals surface area contributed by atoms with Crippen molar-refractivity contribution in [3.05, 3.63) is 235 Å². The van der Waals surface area contributed by atoms with Gasteiger partial charge in [0.15, 0.2) is 0 Å². The van der Waals surface area contributed by atoms with E-state index >= 15 is 0 Å². The van der Waals surface area contributed by atoms with Crippen LogP contribution in [0.5, 0.6) is 0 Å². The molecular formula is C61H47N. The van der Waals surface area contributed by atoms with Crippen LogP contribution >= 0.6 is 0 Å². The van der Waals surface area contributed by atoms with Crippen molar-refractivity contribution in [3.8, 4) is 33.4 Å². The molecule has 0 saturated heterocycles. The molecule has 62 heavy (non-hydrogen) atoms. The van der Waals surface area contributed by atoms with Crippen molar-refractivity contribution >= 4 is 61.5 Å². The van der Waals surface area contributed by atoms with Crippen LogP contribution in [-0.4, -0.2) is 0 Å². The molecule has 0 spiro atoms. The summed E-state index contributed by atoms with van der Waals surface area (Å²) >= 11 is 0. The molecule has 1 nitrogen and oxygen atoms in total. The number of rotatable bonds is 9. The van der Waals surface area contributed by atoms with Crippen LogP contribution in [0.1, 0.15) is 48.9 Å². The summed E-state index contributed by atoms with van der Waals surface area (Å²) in [6.45, 7) is 4.73. The zero-order chi connectivity index (χ0) is 41.6. The summed E-state index contributed by atoms with van der Waals surface area (Å²) in [5.74, 6) is 0. The fourth-order valence-corrected chi connectivity index (χ4v) is 10.6. The Kier molecular flexibility index (Phi) is 9.39. The van der Waals surface area contributed by atoms with Gasteiger partial charge in [0.05, 0.1) is 0 Å². The molecule has 0 atom stereocenters. The summed E-state index contributed by atoms with van der Waals surface area (Å²) in [5.41, 5.74) is 16.3. The zero-order valence-electron chi connectivity index (χ0n) is 35.2. The minimum Gasteiger partial charge on any atom is -0.310 e. The van der Waals surface area contributed by atoms with Gasteiger partial charge >= 0.3 is 0 Å². The fourth-order valence-electron chi connectivity index (χ4n) is 10.6. The second-order valence-corrected chi connectivity index (χ2v) is 16.6. The maximum Gasteiger partial charge on any atom is 0.0465 e. The quantitative estimate of drug-likeness (QED) is 0.104. The lowest BCUT2D eigenvalue weighted by Gasteiger charge is -2.32. The third-order valence-electron chi connectivity index (χ3n) is 13.5. The van der Waals surface area contributed by atoms with E-state index < -0.39 is 0 Å². The largest absolute Gasteiger partial charge is 0.310 e. The molecule has 0 radical (unpaired) electrons. The lowest BCUT2D eigenvalue weighted by Crippen LogP contribution is -2.23. The topological polar surface area (TPSA) is 3.24 Å². The summed E-state index contributed by atoms with van der Waals surface area (Å²) in [5, 5.41) is 7.70. The zero-order valence-corrected chi connectivity index (χ0v) is 35.2. The maximum absolute atomic E-state index is 2.48. The summed E-state index contributed by atoms with van der Waals surface area (Å²) < 4.78 is 0. The Morgan fingerprint density at radius 2 is 0.871 bits per heavy atom. The molecular weight excluding hydrogens is 747 g/mol. The molecule has 0 bridgehead atoms. The second-order valence-electron chi connectivity index (χ2n) is 16.6. The molecule has 296 valence electrons. The first-order valence-corrected chi connectivity index (χ1v) is 22.1. The Morgan fingerprint density at radius 1 is 0.387 bits per heavy atom. The van der Waals surface area contributed by atoms with Crippen LogP contribution in [0.15, 0.2) is 212 Å². The number of hydrogen-bond acceptors (Lipinski definition) is 1. The van der Waals surface area contributed by atoms with E-state index in [0.717, 1.165) is 24.2 Å². The van der Waals surface area contributed by atoms with E-state index in [1.807, 2.05) is 0 Å². The molecule has 1 heteroatoms. The van der Waals surface area contributed by atoms with Crippen molar-refractivity contribution in [2.45, 2.75) is 32.1 Å². The minimum atomic E-state index is -0.109. The highest BCUT2D eigenvalue weighted by Gasteiger charge is 2.41. The number of anilines is 3. The highest BCUT2D eigenvalue weighted by Crippen LogP contribution is 2.55. The van der Waals surface area contributed by atoms with Gasteiger partial charge in [0.25, 0.3) is 0 Å². The maximum atomic E-state index is 2.48. The van der Waals surface area contributed by atoms with Gasteiger partial charge in [-0.3, -0.25) is 0 Å². The Balaban J connectivity index is 1.09. The molecule has 11 rings (SSSR count). The Morgan fingerprint density at radius 3 is 1.45 bits per heavy atom. The van der Waals surface area contributed by atoms with Crippen molar-refractivity contribution in [1.82, 2.24) is 0 Å². The number of hydrogen-bond donors (Lipinski definition) is 0. The highest BCUT2D eigenvalue weighted by atomic mass is 15.1. The first-order chi connectivity index (χ1) is 30.7. The van der Waals surface area contributed by atoms with E-state index in [4.69, 9.17) is 0 Å². The third-order valence-corrected chi connectivity index (χ3v) is 13.5. The average molecular weight is 794 g/mol. The molecule has 1 aliphatic rings. The standard InChI is InChI=1S/C61H47N/c1-3-61(4-2)56-39-42(34-37-51(56)52-38-36-48(41-57(52)61)62(46-25-13-7-14-26-46)47-27-15-8-16-28-47)33-35-45-40-55(43-21-9-5-10-22-43)59-53-31-19-17-29-49(53)50-30-18-20-32-54(50)60(59)58(45)44-23-11-6-12-24-44/h5-41H,3-4H2,1-2H3/b35-33+. The summed E-state index contributed by atoms with van der Waals surface area (Å²) in [7, 11) is 0. The monoisotopic (exact) mass is 793 g/mol. The molecule has 0 saturated carbocycles. The van der Waals surface area contributed by atoms with Gasteiger partial charge in [0.2, 0.25) is 0 Å². The summed E-state index contributed by atoms with van der Waals surface area (Å²) in [6, 6.07) is 78.1. The van der Waals surface area contributed by atoms with Gasteiger partial charge in [0, 0.05) is 22.5 Å². The van der Waals surface area contributed by atoms with Crippen LogP contribution in [0.2, 0.25) is 0 Å². The molecule has 1 aliphatic carbocycles. The molecule has 0 fully saturated rings. The number of nitrogens with zero attached hydrogens (tertiary/aromatic N) is 1. The average Bonchev–Trinajstić information content (AvgIpc) is 3.62. The Hall–Kier alpha value is -7.48. The normalized spacial score (nSPS) is 12.9. The highest BCUT2D eigenvalue weighted by molar-refractivity contribution is 6.32. The van der Waals surface area contributed by atoms with E-state index in [9.17, 15) is 0 Å². The van der Waals surface area contributed by atoms with E-state index in [2.05, 4.69) is 243 Å². The van der Waals surface area contributed by atoms with Crippen LogP contribution in [0, 0.1) is 0 Å². The predicted molar refractivity (Wildman–Crippen MR) is 267 cm³/mol. The van der Waals surface area contributed by atoms with Crippen molar-refractivity contribution < 1.29 is 0 Å². The minimum absolute atomic E-state index is 0.109. The van der Waals surface area contributed by atoms with Crippen LogP contribution in [-0.2, 0) is 5.41 Å². The van der Waals surface area contributed by atoms with E-state index in [1.165, 1.54) is 93.6 Å². The number of benzene rings is 10. The molecule has 0 heterocycles. The lowest BCUT2D eigenvalue weighted by molar-refractivity contribution is 0.490. The molecule has 0 N–H and O–H groups in total. The lowest BCUT2D eigenvalue weighted by atomic mass is 9.73. The first-order valence-electron chi connectivity index (χ1n) is 22.1. The van der Waals surface area contributed by atoms with E-state index in [0.29, 0.717) is 0 Å². The summed E-state index contributed by atoms with van der Waals surface area (Å²) in [6.07, 6.45) is 6.75. The van der Waals surface area contributed by atoms with Gasteiger partial charge in [-0.1, -0.05) is 196 Å². The van der Waals surface area contributed by atoms with Crippen molar-refractivity contribution in [3.63, 3.8) is 0 Å². The first kappa shape index (κ1) is 37.5. The van der Waals surface area contributed by atoms with Gasteiger partial charge in [-0.05, 0) is 143 Å². The van der Waals surface area contributed by atoms with Crippen LogP contribution < -0.4 is 4.90 Å². The van der Waals surface area contributed by atoms with Gasteiger partial charge in [0.1, 0.15) is 0 Å². The fraction of sp³-hybridized carbons (Fsp3) is 0.0820. The second kappa shape index (κ2) is 15.5. The molecule has 10 aromatic rings. The molecule has 10 aromatic carbocycles. The van der Waals surface area contributed by atoms with E-state index in [-0.39, 0.29) is 5.41 Å². The van der Waals surface area contributed by atoms with Crippen LogP contribution in [0.4, 0.5) is 17.1 Å². The molecule has 0 amide bonds. The smallest absolute Gasteiger partial charge is 0.0465 e. The van der Waals surface area contributed by atoms with Crippen molar-refractivity contribution in [2.75, 3.05) is 4.90 Å². The van der Waals surface area contributed by atoms with Gasteiger partial charge in [-0.25, -0.2) is 0 Å². The number of fused-ring (bicyclic) bond motifs is 9. The van der Waals surface area contributed by atoms with Crippen LogP contribution in [0.3, 0.4) is 0 Å². The van der Waals surface area contributed by atoms with Gasteiger partial charge in [-0.2, -0.15) is 0 Å². The van der Waals surface area contributed by atoms with Crippen molar-refractivity contribution in [1.29, 1.82) is 0 Å². The van der Waals surface area contributed by atoms with Crippen molar-refractivity contribution in [2.24, 2.45) is 0 Å². The van der Waals surface area contributed by atoms with Gasteiger partial charge < -0.3 is 4.90 Å². The summed E-state index contributed by atoms with van der Waals surface area (Å²) in [4.78, 5) is 2.39.